The van der Waals surface area contributed by atoms with Crippen molar-refractivity contribution in [2.75, 3.05) is 0 Å². The fraction of sp³-hybridized carbons (Fsp3) is 0.667. The maximum Gasteiger partial charge on any atom is 0.331 e. The fourth-order valence-corrected chi connectivity index (χ4v) is 1.12. The van der Waals surface area contributed by atoms with Crippen LogP contribution in [0.3, 0.4) is 0 Å². The van der Waals surface area contributed by atoms with E-state index in [0.717, 1.165) is 12.0 Å². The topological polar surface area (TPSA) is 37.3 Å². The number of hydrogen-bond acceptors (Lipinski definition) is 1. The van der Waals surface area contributed by atoms with Gasteiger partial charge in [0, 0.05) is 5.57 Å². The van der Waals surface area contributed by atoms with Crippen LogP contribution in [0, 0.1) is 5.92 Å². The molecule has 1 unspecified atom stereocenters. The van der Waals surface area contributed by atoms with Gasteiger partial charge in [-0.1, -0.05) is 19.4 Å². The molecule has 1 atom stereocenters. The van der Waals surface area contributed by atoms with E-state index in [1.54, 1.807) is 0 Å². The summed E-state index contributed by atoms with van der Waals surface area (Å²) in [4.78, 5) is 10.7. The zero-order valence-electron chi connectivity index (χ0n) is 7.64. The summed E-state index contributed by atoms with van der Waals surface area (Å²) in [6.45, 7) is 7.62. The highest BCUT2D eigenvalue weighted by molar-refractivity contribution is 5.87. The van der Waals surface area contributed by atoms with Gasteiger partial charge in [-0.25, -0.2) is 4.79 Å². The van der Waals surface area contributed by atoms with Crippen LogP contribution in [-0.4, -0.2) is 11.1 Å². The van der Waals surface area contributed by atoms with Gasteiger partial charge in [-0.15, -0.1) is 0 Å². The average Bonchev–Trinajstić information content (AvgIpc) is 1.85. The van der Waals surface area contributed by atoms with Gasteiger partial charge in [0.15, 0.2) is 0 Å². The van der Waals surface area contributed by atoms with Gasteiger partial charge in [0.2, 0.25) is 0 Å². The lowest BCUT2D eigenvalue weighted by Crippen LogP contribution is -2.10. The van der Waals surface area contributed by atoms with E-state index in [-0.39, 0.29) is 5.92 Å². The molecule has 1 N–H and O–H groups in total. The van der Waals surface area contributed by atoms with Crippen LogP contribution in [-0.2, 0) is 4.79 Å². The highest BCUT2D eigenvalue weighted by atomic mass is 16.4. The van der Waals surface area contributed by atoms with E-state index >= 15 is 0 Å². The van der Waals surface area contributed by atoms with Gasteiger partial charge in [-0.2, -0.15) is 0 Å². The molecule has 0 aromatic carbocycles. The van der Waals surface area contributed by atoms with E-state index in [1.807, 2.05) is 27.7 Å². The molecule has 0 bridgehead atoms. The number of carboxylic acids is 1. The first-order chi connectivity index (χ1) is 5.00. The summed E-state index contributed by atoms with van der Waals surface area (Å²) in [5, 5.41) is 8.79. The Balaban J connectivity index is 4.63. The quantitative estimate of drug-likeness (QED) is 0.637. The van der Waals surface area contributed by atoms with Crippen LogP contribution in [0.5, 0.6) is 0 Å². The molecule has 0 spiro atoms. The summed E-state index contributed by atoms with van der Waals surface area (Å²) in [6, 6.07) is 0. The molecule has 2 heteroatoms. The Morgan fingerprint density at radius 2 is 1.91 bits per heavy atom. The Kier molecular flexibility index (Phi) is 3.86. The van der Waals surface area contributed by atoms with Gasteiger partial charge in [-0.3, -0.25) is 0 Å². The summed E-state index contributed by atoms with van der Waals surface area (Å²) in [6.07, 6.45) is 0.882. The summed E-state index contributed by atoms with van der Waals surface area (Å²) >= 11 is 0. The van der Waals surface area contributed by atoms with Gasteiger partial charge in [0.25, 0.3) is 0 Å². The summed E-state index contributed by atoms with van der Waals surface area (Å²) in [5.74, 6) is -0.614. The van der Waals surface area contributed by atoms with Crippen molar-refractivity contribution in [3.05, 3.63) is 11.1 Å². The van der Waals surface area contributed by atoms with Gasteiger partial charge in [0.05, 0.1) is 0 Å². The predicted octanol–water partition coefficient (Wildman–Crippen LogP) is 2.45. The second kappa shape index (κ2) is 4.16. The second-order valence-corrected chi connectivity index (χ2v) is 3.03. The summed E-state index contributed by atoms with van der Waals surface area (Å²) in [7, 11) is 0. The van der Waals surface area contributed by atoms with Crippen molar-refractivity contribution >= 4 is 5.97 Å². The smallest absolute Gasteiger partial charge is 0.331 e. The van der Waals surface area contributed by atoms with E-state index in [2.05, 4.69) is 0 Å². The zero-order valence-corrected chi connectivity index (χ0v) is 7.64. The Hall–Kier alpha value is -0.790. The molecule has 0 aliphatic rings. The van der Waals surface area contributed by atoms with Crippen LogP contribution in [0.15, 0.2) is 11.1 Å². The molecule has 0 rings (SSSR count). The standard InChI is InChI=1S/C9H16O2/c1-5-7(4)8(6(2)3)9(10)11/h7H,5H2,1-4H3,(H,10,11). The van der Waals surface area contributed by atoms with E-state index in [9.17, 15) is 4.79 Å². The maximum absolute atomic E-state index is 10.7. The lowest BCUT2D eigenvalue weighted by atomic mass is 9.95. The first-order valence-corrected chi connectivity index (χ1v) is 3.91. The summed E-state index contributed by atoms with van der Waals surface area (Å²) in [5.41, 5.74) is 1.47. The second-order valence-electron chi connectivity index (χ2n) is 3.03. The minimum atomic E-state index is -0.778. The van der Waals surface area contributed by atoms with Crippen molar-refractivity contribution < 1.29 is 9.90 Å². The number of hydrogen-bond donors (Lipinski definition) is 1. The third kappa shape index (κ3) is 2.74. The molecule has 0 amide bonds. The van der Waals surface area contributed by atoms with Crippen molar-refractivity contribution in [2.24, 2.45) is 5.92 Å². The Morgan fingerprint density at radius 1 is 1.45 bits per heavy atom. The minimum Gasteiger partial charge on any atom is -0.478 e. The molecule has 0 radical (unpaired) electrons. The molecule has 0 aromatic rings. The molecule has 0 heterocycles. The van der Waals surface area contributed by atoms with E-state index in [4.69, 9.17) is 5.11 Å². The predicted molar refractivity (Wildman–Crippen MR) is 45.5 cm³/mol. The highest BCUT2D eigenvalue weighted by Gasteiger charge is 2.15. The van der Waals surface area contributed by atoms with Crippen molar-refractivity contribution in [3.63, 3.8) is 0 Å². The van der Waals surface area contributed by atoms with Crippen molar-refractivity contribution in [3.8, 4) is 0 Å². The first-order valence-electron chi connectivity index (χ1n) is 3.91. The average molecular weight is 156 g/mol. The molecule has 0 fully saturated rings. The number of carbonyl (C=O) groups is 1. The van der Waals surface area contributed by atoms with Gasteiger partial charge >= 0.3 is 5.97 Å². The van der Waals surface area contributed by atoms with Crippen LogP contribution in [0.1, 0.15) is 34.1 Å². The molecule has 0 saturated heterocycles. The van der Waals surface area contributed by atoms with Crippen molar-refractivity contribution in [1.82, 2.24) is 0 Å². The zero-order chi connectivity index (χ0) is 9.02. The normalized spacial score (nSPS) is 12.4. The highest BCUT2D eigenvalue weighted by Crippen LogP contribution is 2.17. The summed E-state index contributed by atoms with van der Waals surface area (Å²) < 4.78 is 0. The van der Waals surface area contributed by atoms with E-state index in [0.29, 0.717) is 5.57 Å². The number of rotatable bonds is 3. The van der Waals surface area contributed by atoms with Crippen molar-refractivity contribution in [1.29, 1.82) is 0 Å². The third-order valence-electron chi connectivity index (χ3n) is 1.87. The van der Waals surface area contributed by atoms with Crippen LogP contribution < -0.4 is 0 Å². The molecule has 0 aliphatic carbocycles. The largest absolute Gasteiger partial charge is 0.478 e. The fourth-order valence-electron chi connectivity index (χ4n) is 1.12. The molecule has 0 aromatic heterocycles. The van der Waals surface area contributed by atoms with E-state index in [1.165, 1.54) is 0 Å². The monoisotopic (exact) mass is 156 g/mol. The number of allylic oxidation sites excluding steroid dienone is 1. The lowest BCUT2D eigenvalue weighted by Gasteiger charge is -2.10. The van der Waals surface area contributed by atoms with Crippen LogP contribution >= 0.6 is 0 Å². The Bertz CT molecular complexity index is 176. The van der Waals surface area contributed by atoms with Crippen LogP contribution in [0.4, 0.5) is 0 Å². The lowest BCUT2D eigenvalue weighted by molar-refractivity contribution is -0.133. The molecule has 11 heavy (non-hydrogen) atoms. The number of carboxylic acid groups (broad SMARTS) is 1. The van der Waals surface area contributed by atoms with Gasteiger partial charge < -0.3 is 5.11 Å². The first kappa shape index (κ1) is 10.2. The van der Waals surface area contributed by atoms with Crippen LogP contribution in [0.25, 0.3) is 0 Å². The molecule has 64 valence electrons. The molecule has 2 nitrogen and oxygen atoms in total. The Labute approximate surface area is 67.9 Å². The van der Waals surface area contributed by atoms with E-state index < -0.39 is 5.97 Å². The molecular weight excluding hydrogens is 140 g/mol. The Morgan fingerprint density at radius 3 is 2.00 bits per heavy atom. The van der Waals surface area contributed by atoms with Gasteiger partial charge in [0.1, 0.15) is 0 Å². The minimum absolute atomic E-state index is 0.164. The van der Waals surface area contributed by atoms with Crippen molar-refractivity contribution in [2.45, 2.75) is 34.1 Å². The number of aliphatic carboxylic acids is 1. The SMILES string of the molecule is CCC(C)C(C(=O)O)=C(C)C. The maximum atomic E-state index is 10.7. The molecular formula is C9H16O2. The molecule has 0 saturated carbocycles. The van der Waals surface area contributed by atoms with Gasteiger partial charge in [-0.05, 0) is 26.2 Å². The van der Waals surface area contributed by atoms with Crippen LogP contribution in [0.2, 0.25) is 0 Å². The molecule has 0 aliphatic heterocycles. The third-order valence-corrected chi connectivity index (χ3v) is 1.87.